The van der Waals surface area contributed by atoms with Gasteiger partial charge in [0.05, 0.1) is 6.26 Å². The second-order valence-corrected chi connectivity index (χ2v) is 7.87. The third-order valence-corrected chi connectivity index (χ3v) is 4.94. The topological polar surface area (TPSA) is 66.5 Å². The fourth-order valence-corrected chi connectivity index (χ4v) is 3.20. The molecule has 0 aromatic heterocycles. The van der Waals surface area contributed by atoms with Crippen molar-refractivity contribution in [1.82, 2.24) is 9.62 Å². The van der Waals surface area contributed by atoms with Crippen molar-refractivity contribution in [2.75, 3.05) is 19.3 Å². The van der Waals surface area contributed by atoms with Crippen LogP contribution in [0.15, 0.2) is 24.3 Å². The van der Waals surface area contributed by atoms with Crippen molar-refractivity contribution in [2.45, 2.75) is 46.1 Å². The van der Waals surface area contributed by atoms with Crippen molar-refractivity contribution in [3.8, 4) is 0 Å². The Morgan fingerprint density at radius 3 is 2.57 bits per heavy atom. The number of amides is 1. The van der Waals surface area contributed by atoms with Gasteiger partial charge in [-0.1, -0.05) is 49.6 Å². The minimum absolute atomic E-state index is 0.129. The summed E-state index contributed by atoms with van der Waals surface area (Å²) in [5.74, 6) is -0.129. The number of carbonyl (C=O) groups is 1. The third-order valence-electron chi connectivity index (χ3n) is 3.64. The Morgan fingerprint density at radius 1 is 1.22 bits per heavy atom. The lowest BCUT2D eigenvalue weighted by Crippen LogP contribution is -2.35. The van der Waals surface area contributed by atoms with Gasteiger partial charge in [0.25, 0.3) is 0 Å². The number of sulfonamides is 1. The van der Waals surface area contributed by atoms with Crippen LogP contribution in [0.5, 0.6) is 0 Å². The van der Waals surface area contributed by atoms with E-state index in [9.17, 15) is 13.2 Å². The number of rotatable bonds is 10. The Balaban J connectivity index is 2.42. The van der Waals surface area contributed by atoms with Crippen molar-refractivity contribution >= 4 is 15.9 Å². The molecule has 0 aliphatic heterocycles. The van der Waals surface area contributed by atoms with Gasteiger partial charge in [-0.3, -0.25) is 4.79 Å². The lowest BCUT2D eigenvalue weighted by Gasteiger charge is -2.19. The van der Waals surface area contributed by atoms with Crippen LogP contribution >= 0.6 is 0 Å². The molecule has 0 heterocycles. The number of aryl methyl sites for hydroxylation is 1. The summed E-state index contributed by atoms with van der Waals surface area (Å²) in [5, 5.41) is 2.84. The number of unbranched alkanes of at least 4 members (excludes halogenated alkanes) is 2. The van der Waals surface area contributed by atoms with Crippen LogP contribution in [0, 0.1) is 6.92 Å². The maximum Gasteiger partial charge on any atom is 0.221 e. The average molecular weight is 340 g/mol. The van der Waals surface area contributed by atoms with Crippen LogP contribution in [-0.4, -0.2) is 38.0 Å². The number of hydrogen-bond donors (Lipinski definition) is 1. The van der Waals surface area contributed by atoms with Gasteiger partial charge in [0, 0.05) is 26.1 Å². The van der Waals surface area contributed by atoms with Crippen molar-refractivity contribution < 1.29 is 13.2 Å². The maximum absolute atomic E-state index is 11.9. The summed E-state index contributed by atoms with van der Waals surface area (Å²) < 4.78 is 24.9. The van der Waals surface area contributed by atoms with Gasteiger partial charge in [0.15, 0.2) is 0 Å². The molecule has 0 saturated carbocycles. The molecule has 0 aliphatic rings. The minimum Gasteiger partial charge on any atom is -0.352 e. The Morgan fingerprint density at radius 2 is 1.96 bits per heavy atom. The van der Waals surface area contributed by atoms with Crippen molar-refractivity contribution in [3.63, 3.8) is 0 Å². The van der Waals surface area contributed by atoms with Gasteiger partial charge in [-0.2, -0.15) is 0 Å². The number of nitrogens with one attached hydrogen (secondary N) is 1. The molecule has 1 aromatic carbocycles. The van der Waals surface area contributed by atoms with E-state index in [1.807, 2.05) is 31.2 Å². The Hall–Kier alpha value is -1.40. The molecule has 1 rings (SSSR count). The molecule has 0 aliphatic carbocycles. The Labute approximate surface area is 140 Å². The highest BCUT2D eigenvalue weighted by Crippen LogP contribution is 2.06. The average Bonchev–Trinajstić information content (AvgIpc) is 2.47. The van der Waals surface area contributed by atoms with Gasteiger partial charge < -0.3 is 5.32 Å². The smallest absolute Gasteiger partial charge is 0.221 e. The highest BCUT2D eigenvalue weighted by atomic mass is 32.2. The minimum atomic E-state index is -3.26. The number of benzene rings is 1. The van der Waals surface area contributed by atoms with E-state index >= 15 is 0 Å². The Bertz CT molecular complexity index is 600. The van der Waals surface area contributed by atoms with Crippen LogP contribution in [-0.2, 0) is 21.4 Å². The van der Waals surface area contributed by atoms with E-state index < -0.39 is 10.0 Å². The second-order valence-electron chi connectivity index (χ2n) is 5.88. The third kappa shape index (κ3) is 8.13. The largest absolute Gasteiger partial charge is 0.352 e. The van der Waals surface area contributed by atoms with Crippen molar-refractivity contribution in [1.29, 1.82) is 0 Å². The first kappa shape index (κ1) is 19.6. The molecule has 0 atom stereocenters. The molecule has 1 N–H and O–H groups in total. The predicted molar refractivity (Wildman–Crippen MR) is 93.6 cm³/mol. The normalized spacial score (nSPS) is 11.7. The molecular weight excluding hydrogens is 312 g/mol. The molecule has 1 amide bonds. The molecule has 0 fully saturated rings. The monoisotopic (exact) mass is 340 g/mol. The van der Waals surface area contributed by atoms with E-state index in [1.54, 1.807) is 0 Å². The second kappa shape index (κ2) is 9.67. The molecular formula is C17H28N2O3S. The van der Waals surface area contributed by atoms with Crippen LogP contribution in [0.2, 0.25) is 0 Å². The summed E-state index contributed by atoms with van der Waals surface area (Å²) in [6.07, 6.45) is 4.24. The van der Waals surface area contributed by atoms with Gasteiger partial charge in [0.2, 0.25) is 15.9 Å². The van der Waals surface area contributed by atoms with E-state index in [2.05, 4.69) is 12.2 Å². The maximum atomic E-state index is 11.9. The van der Waals surface area contributed by atoms with Crippen LogP contribution < -0.4 is 5.32 Å². The number of hydrogen-bond acceptors (Lipinski definition) is 3. The summed E-state index contributed by atoms with van der Waals surface area (Å²) in [6, 6.07) is 7.94. The van der Waals surface area contributed by atoms with Crippen LogP contribution in [0.1, 0.15) is 43.7 Å². The summed E-state index contributed by atoms with van der Waals surface area (Å²) >= 11 is 0. The SMILES string of the molecule is CCCCCN(CCC(=O)NCc1cccc(C)c1)S(C)(=O)=O. The molecule has 0 saturated heterocycles. The van der Waals surface area contributed by atoms with Crippen molar-refractivity contribution in [3.05, 3.63) is 35.4 Å². The molecule has 0 bridgehead atoms. The van der Waals surface area contributed by atoms with Gasteiger partial charge in [0.1, 0.15) is 0 Å². The number of carbonyl (C=O) groups excluding carboxylic acids is 1. The van der Waals surface area contributed by atoms with Crippen LogP contribution in [0.25, 0.3) is 0 Å². The standard InChI is InChI=1S/C17H28N2O3S/c1-4-5-6-11-19(23(3,21)22)12-10-17(20)18-14-16-9-7-8-15(2)13-16/h7-9,13H,4-6,10-12,14H2,1-3H3,(H,18,20). The number of nitrogens with zero attached hydrogens (tertiary/aromatic N) is 1. The molecule has 6 heteroatoms. The molecule has 0 spiro atoms. The van der Waals surface area contributed by atoms with E-state index in [0.29, 0.717) is 13.1 Å². The zero-order valence-corrected chi connectivity index (χ0v) is 15.2. The zero-order valence-electron chi connectivity index (χ0n) is 14.3. The fourth-order valence-electron chi connectivity index (χ4n) is 2.32. The van der Waals surface area contributed by atoms with E-state index in [0.717, 1.165) is 30.4 Å². The molecule has 0 unspecified atom stereocenters. The highest BCUT2D eigenvalue weighted by Gasteiger charge is 2.17. The zero-order chi connectivity index (χ0) is 17.3. The summed E-state index contributed by atoms with van der Waals surface area (Å²) in [7, 11) is -3.26. The summed E-state index contributed by atoms with van der Waals surface area (Å²) in [4.78, 5) is 11.9. The first-order chi connectivity index (χ1) is 10.8. The van der Waals surface area contributed by atoms with E-state index in [1.165, 1.54) is 10.6 Å². The first-order valence-electron chi connectivity index (χ1n) is 8.10. The van der Waals surface area contributed by atoms with E-state index in [-0.39, 0.29) is 18.9 Å². The first-order valence-corrected chi connectivity index (χ1v) is 9.95. The Kier molecular flexibility index (Phi) is 8.26. The molecule has 23 heavy (non-hydrogen) atoms. The van der Waals surface area contributed by atoms with Crippen LogP contribution in [0.3, 0.4) is 0 Å². The molecule has 1 aromatic rings. The summed E-state index contributed by atoms with van der Waals surface area (Å²) in [6.45, 7) is 5.27. The summed E-state index contributed by atoms with van der Waals surface area (Å²) in [5.41, 5.74) is 2.19. The van der Waals surface area contributed by atoms with Crippen molar-refractivity contribution in [2.24, 2.45) is 0 Å². The quantitative estimate of drug-likeness (QED) is 0.665. The van der Waals surface area contributed by atoms with Gasteiger partial charge >= 0.3 is 0 Å². The van der Waals surface area contributed by atoms with Crippen LogP contribution in [0.4, 0.5) is 0 Å². The lowest BCUT2D eigenvalue weighted by atomic mass is 10.1. The highest BCUT2D eigenvalue weighted by molar-refractivity contribution is 7.88. The fraction of sp³-hybridized carbons (Fsp3) is 0.588. The predicted octanol–water partition coefficient (Wildman–Crippen LogP) is 2.45. The molecule has 5 nitrogen and oxygen atoms in total. The van der Waals surface area contributed by atoms with E-state index in [4.69, 9.17) is 0 Å². The van der Waals surface area contributed by atoms with Gasteiger partial charge in [-0.05, 0) is 18.9 Å². The molecule has 130 valence electrons. The van der Waals surface area contributed by atoms with Gasteiger partial charge in [-0.15, -0.1) is 0 Å². The molecule has 0 radical (unpaired) electrons. The van der Waals surface area contributed by atoms with Gasteiger partial charge in [-0.25, -0.2) is 12.7 Å². The lowest BCUT2D eigenvalue weighted by molar-refractivity contribution is -0.121.